The van der Waals surface area contributed by atoms with E-state index in [0.717, 1.165) is 24.2 Å². The second-order valence-corrected chi connectivity index (χ2v) is 4.07. The molecule has 88 valence electrons. The maximum absolute atomic E-state index is 9.18. The second-order valence-electron chi connectivity index (χ2n) is 4.07. The van der Waals surface area contributed by atoms with E-state index in [1.54, 1.807) is 12.1 Å². The lowest BCUT2D eigenvalue weighted by Crippen LogP contribution is -1.98. The first-order valence-electron chi connectivity index (χ1n) is 5.88. The van der Waals surface area contributed by atoms with Gasteiger partial charge in [-0.15, -0.1) is 0 Å². The monoisotopic (exact) mass is 227 g/mol. The van der Waals surface area contributed by atoms with Gasteiger partial charge in [0.05, 0.1) is 0 Å². The van der Waals surface area contributed by atoms with Gasteiger partial charge < -0.3 is 10.4 Å². The van der Waals surface area contributed by atoms with Crippen LogP contribution >= 0.6 is 0 Å². The molecule has 2 aromatic rings. The van der Waals surface area contributed by atoms with E-state index in [1.807, 2.05) is 12.1 Å². The largest absolute Gasteiger partial charge is 0.508 e. The van der Waals surface area contributed by atoms with Gasteiger partial charge in [-0.3, -0.25) is 0 Å². The Morgan fingerprint density at radius 3 is 2.06 bits per heavy atom. The number of phenols is 1. The second kappa shape index (κ2) is 5.39. The van der Waals surface area contributed by atoms with Crippen LogP contribution in [0.4, 0.5) is 5.69 Å². The van der Waals surface area contributed by atoms with Crippen molar-refractivity contribution in [3.8, 4) is 5.75 Å². The normalized spacial score (nSPS) is 10.2. The lowest BCUT2D eigenvalue weighted by molar-refractivity contribution is 0.475. The zero-order valence-electron chi connectivity index (χ0n) is 9.98. The van der Waals surface area contributed by atoms with E-state index in [9.17, 15) is 5.11 Å². The van der Waals surface area contributed by atoms with Gasteiger partial charge in [0.25, 0.3) is 0 Å². The van der Waals surface area contributed by atoms with Crippen LogP contribution in [-0.4, -0.2) is 5.11 Å². The molecule has 2 rings (SSSR count). The van der Waals surface area contributed by atoms with Gasteiger partial charge in [0, 0.05) is 12.2 Å². The third-order valence-corrected chi connectivity index (χ3v) is 2.80. The predicted octanol–water partition coefficient (Wildman–Crippen LogP) is 3.57. The molecule has 0 heterocycles. The molecule has 0 aliphatic heterocycles. The zero-order chi connectivity index (χ0) is 12.1. The number of phenolic OH excluding ortho intramolecular Hbond substituents is 1. The highest BCUT2D eigenvalue weighted by Gasteiger charge is 1.95. The van der Waals surface area contributed by atoms with Gasteiger partial charge in [0.2, 0.25) is 0 Å². The molecule has 2 N–H and O–H groups in total. The molecule has 2 nitrogen and oxygen atoms in total. The first kappa shape index (κ1) is 11.5. The van der Waals surface area contributed by atoms with Crippen LogP contribution in [0.3, 0.4) is 0 Å². The SMILES string of the molecule is CCc1ccc(NCc2ccc(O)cc2)cc1. The summed E-state index contributed by atoms with van der Waals surface area (Å²) < 4.78 is 0. The minimum absolute atomic E-state index is 0.307. The third-order valence-electron chi connectivity index (χ3n) is 2.80. The molecule has 0 bridgehead atoms. The van der Waals surface area contributed by atoms with Gasteiger partial charge in [-0.1, -0.05) is 31.2 Å². The van der Waals surface area contributed by atoms with Gasteiger partial charge >= 0.3 is 0 Å². The van der Waals surface area contributed by atoms with Crippen LogP contribution in [0, 0.1) is 0 Å². The van der Waals surface area contributed by atoms with E-state index in [0.29, 0.717) is 5.75 Å². The number of aromatic hydroxyl groups is 1. The summed E-state index contributed by atoms with van der Waals surface area (Å²) in [5.41, 5.74) is 3.62. The Hall–Kier alpha value is -1.96. The summed E-state index contributed by atoms with van der Waals surface area (Å²) in [6.07, 6.45) is 1.07. The van der Waals surface area contributed by atoms with E-state index < -0.39 is 0 Å². The molecule has 0 fully saturated rings. The van der Waals surface area contributed by atoms with Crippen molar-refractivity contribution >= 4 is 5.69 Å². The number of benzene rings is 2. The van der Waals surface area contributed by atoms with Gasteiger partial charge in [-0.05, 0) is 41.8 Å². The molecule has 0 aliphatic carbocycles. The minimum Gasteiger partial charge on any atom is -0.508 e. The summed E-state index contributed by atoms with van der Waals surface area (Å²) in [4.78, 5) is 0. The minimum atomic E-state index is 0.307. The average molecular weight is 227 g/mol. The Morgan fingerprint density at radius 1 is 0.882 bits per heavy atom. The summed E-state index contributed by atoms with van der Waals surface area (Å²) in [5.74, 6) is 0.307. The lowest BCUT2D eigenvalue weighted by Gasteiger charge is -2.07. The molecular formula is C15H17NO. The maximum atomic E-state index is 9.18. The molecule has 17 heavy (non-hydrogen) atoms. The topological polar surface area (TPSA) is 32.3 Å². The van der Waals surface area contributed by atoms with Gasteiger partial charge in [0.1, 0.15) is 5.75 Å². The molecular weight excluding hydrogens is 210 g/mol. The van der Waals surface area contributed by atoms with Crippen LogP contribution in [0.15, 0.2) is 48.5 Å². The number of nitrogens with one attached hydrogen (secondary N) is 1. The third kappa shape index (κ3) is 3.25. The molecule has 2 heteroatoms. The molecule has 0 spiro atoms. The summed E-state index contributed by atoms with van der Waals surface area (Å²) in [7, 11) is 0. The summed E-state index contributed by atoms with van der Waals surface area (Å²) in [6, 6.07) is 15.7. The molecule has 0 radical (unpaired) electrons. The van der Waals surface area contributed by atoms with Crippen LogP contribution in [0.25, 0.3) is 0 Å². The quantitative estimate of drug-likeness (QED) is 0.837. The summed E-state index contributed by atoms with van der Waals surface area (Å²) in [6.45, 7) is 2.92. The van der Waals surface area contributed by atoms with E-state index in [-0.39, 0.29) is 0 Å². The molecule has 0 aliphatic rings. The number of aryl methyl sites for hydroxylation is 1. The predicted molar refractivity (Wildman–Crippen MR) is 71.3 cm³/mol. The van der Waals surface area contributed by atoms with Crippen molar-refractivity contribution in [3.63, 3.8) is 0 Å². The Morgan fingerprint density at radius 2 is 1.47 bits per heavy atom. The standard InChI is InChI=1S/C15H17NO/c1-2-12-3-7-14(8-4-12)16-11-13-5-9-15(17)10-6-13/h3-10,16-17H,2,11H2,1H3. The molecule has 0 saturated heterocycles. The Bertz CT molecular complexity index is 459. The fourth-order valence-electron chi connectivity index (χ4n) is 1.68. The summed E-state index contributed by atoms with van der Waals surface area (Å²) in [5, 5.41) is 12.5. The van der Waals surface area contributed by atoms with E-state index in [2.05, 4.69) is 36.5 Å². The van der Waals surface area contributed by atoms with Crippen LogP contribution in [0.1, 0.15) is 18.1 Å². The molecule has 2 aromatic carbocycles. The van der Waals surface area contributed by atoms with Crippen molar-refractivity contribution in [1.82, 2.24) is 0 Å². The highest BCUT2D eigenvalue weighted by atomic mass is 16.3. The highest BCUT2D eigenvalue weighted by molar-refractivity contribution is 5.45. The van der Waals surface area contributed by atoms with Gasteiger partial charge in [-0.2, -0.15) is 0 Å². The van der Waals surface area contributed by atoms with Crippen LogP contribution in [-0.2, 0) is 13.0 Å². The van der Waals surface area contributed by atoms with Crippen molar-refractivity contribution in [3.05, 3.63) is 59.7 Å². The number of hydrogen-bond acceptors (Lipinski definition) is 2. The van der Waals surface area contributed by atoms with Gasteiger partial charge in [0.15, 0.2) is 0 Å². The van der Waals surface area contributed by atoms with Crippen LogP contribution in [0.5, 0.6) is 5.75 Å². The first-order chi connectivity index (χ1) is 8.28. The molecule has 0 atom stereocenters. The van der Waals surface area contributed by atoms with Gasteiger partial charge in [-0.25, -0.2) is 0 Å². The maximum Gasteiger partial charge on any atom is 0.115 e. The van der Waals surface area contributed by atoms with Crippen LogP contribution < -0.4 is 5.32 Å². The Labute approximate surface area is 102 Å². The van der Waals surface area contributed by atoms with Crippen molar-refractivity contribution in [2.45, 2.75) is 19.9 Å². The first-order valence-corrected chi connectivity index (χ1v) is 5.88. The molecule has 0 saturated carbocycles. The van der Waals surface area contributed by atoms with Crippen molar-refractivity contribution in [1.29, 1.82) is 0 Å². The van der Waals surface area contributed by atoms with E-state index in [1.165, 1.54) is 5.56 Å². The Kier molecular flexibility index (Phi) is 3.66. The molecule has 0 aromatic heterocycles. The molecule has 0 amide bonds. The van der Waals surface area contributed by atoms with Crippen LogP contribution in [0.2, 0.25) is 0 Å². The molecule has 0 unspecified atom stereocenters. The van der Waals surface area contributed by atoms with E-state index >= 15 is 0 Å². The fraction of sp³-hybridized carbons (Fsp3) is 0.200. The van der Waals surface area contributed by atoms with Crippen molar-refractivity contribution in [2.75, 3.05) is 5.32 Å². The average Bonchev–Trinajstić information content (AvgIpc) is 2.39. The number of anilines is 1. The van der Waals surface area contributed by atoms with E-state index in [4.69, 9.17) is 0 Å². The zero-order valence-corrected chi connectivity index (χ0v) is 9.98. The number of hydrogen-bond donors (Lipinski definition) is 2. The smallest absolute Gasteiger partial charge is 0.115 e. The van der Waals surface area contributed by atoms with Crippen molar-refractivity contribution < 1.29 is 5.11 Å². The Balaban J connectivity index is 1.95. The fourth-order valence-corrected chi connectivity index (χ4v) is 1.68. The number of rotatable bonds is 4. The highest BCUT2D eigenvalue weighted by Crippen LogP contribution is 2.13. The summed E-state index contributed by atoms with van der Waals surface area (Å²) >= 11 is 0. The lowest BCUT2D eigenvalue weighted by atomic mass is 10.1. The van der Waals surface area contributed by atoms with Crippen molar-refractivity contribution in [2.24, 2.45) is 0 Å².